The van der Waals surface area contributed by atoms with E-state index in [0.717, 1.165) is 23.8 Å². The predicted molar refractivity (Wildman–Crippen MR) is 66.5 cm³/mol. The van der Waals surface area contributed by atoms with Gasteiger partial charge in [-0.05, 0) is 38.4 Å². The number of piperidine rings is 1. The van der Waals surface area contributed by atoms with Crippen LogP contribution in [0.25, 0.3) is 0 Å². The average Bonchev–Trinajstić information content (AvgIpc) is 2.64. The molecular weight excluding hydrogens is 228 g/mol. The summed E-state index contributed by atoms with van der Waals surface area (Å²) in [5, 5.41) is 0. The molecule has 1 aromatic heterocycles. The Hall–Kier alpha value is -0.0900. The SMILES string of the molecule is CC(c1ccc(Cl)s1)N1CCCC(N)C1. The number of hydrogen-bond acceptors (Lipinski definition) is 3. The van der Waals surface area contributed by atoms with Crippen molar-refractivity contribution in [2.45, 2.75) is 31.8 Å². The Morgan fingerprint density at radius 2 is 2.40 bits per heavy atom. The van der Waals surface area contributed by atoms with Gasteiger partial charge in [-0.2, -0.15) is 0 Å². The molecule has 1 aliphatic heterocycles. The van der Waals surface area contributed by atoms with Crippen molar-refractivity contribution < 1.29 is 0 Å². The van der Waals surface area contributed by atoms with Crippen LogP contribution in [0.4, 0.5) is 0 Å². The lowest BCUT2D eigenvalue weighted by Gasteiger charge is -2.34. The van der Waals surface area contributed by atoms with Crippen LogP contribution in [0.15, 0.2) is 12.1 Å². The maximum absolute atomic E-state index is 5.98. The molecule has 2 atom stereocenters. The molecule has 0 radical (unpaired) electrons. The second-order valence-corrected chi connectivity index (χ2v) is 5.96. The molecule has 0 spiro atoms. The van der Waals surface area contributed by atoms with Gasteiger partial charge in [-0.25, -0.2) is 0 Å². The number of likely N-dealkylation sites (tertiary alicyclic amines) is 1. The van der Waals surface area contributed by atoms with E-state index in [9.17, 15) is 0 Å². The van der Waals surface area contributed by atoms with E-state index in [1.165, 1.54) is 11.3 Å². The van der Waals surface area contributed by atoms with Gasteiger partial charge in [0.2, 0.25) is 0 Å². The summed E-state index contributed by atoms with van der Waals surface area (Å²) in [6.45, 7) is 4.40. The molecule has 1 saturated heterocycles. The Morgan fingerprint density at radius 3 is 3.00 bits per heavy atom. The van der Waals surface area contributed by atoms with Crippen LogP contribution >= 0.6 is 22.9 Å². The topological polar surface area (TPSA) is 29.3 Å². The summed E-state index contributed by atoms with van der Waals surface area (Å²) < 4.78 is 0.873. The second-order valence-electron chi connectivity index (χ2n) is 4.22. The minimum atomic E-state index is 0.344. The Morgan fingerprint density at radius 1 is 1.60 bits per heavy atom. The molecule has 0 amide bonds. The fourth-order valence-electron chi connectivity index (χ4n) is 2.12. The van der Waals surface area contributed by atoms with Crippen molar-refractivity contribution in [2.75, 3.05) is 13.1 Å². The van der Waals surface area contributed by atoms with E-state index < -0.39 is 0 Å². The average molecular weight is 245 g/mol. The first kappa shape index (κ1) is 11.4. The van der Waals surface area contributed by atoms with Gasteiger partial charge in [-0.1, -0.05) is 11.6 Å². The third kappa shape index (κ3) is 2.72. The maximum Gasteiger partial charge on any atom is 0.0931 e. The van der Waals surface area contributed by atoms with Gasteiger partial charge < -0.3 is 5.73 Å². The van der Waals surface area contributed by atoms with Gasteiger partial charge in [-0.3, -0.25) is 4.90 Å². The summed E-state index contributed by atoms with van der Waals surface area (Å²) in [7, 11) is 0. The fourth-order valence-corrected chi connectivity index (χ4v) is 3.27. The Labute approximate surface area is 100 Å². The highest BCUT2D eigenvalue weighted by molar-refractivity contribution is 7.16. The largest absolute Gasteiger partial charge is 0.327 e. The van der Waals surface area contributed by atoms with Crippen molar-refractivity contribution in [1.29, 1.82) is 0 Å². The van der Waals surface area contributed by atoms with E-state index in [-0.39, 0.29) is 0 Å². The molecule has 2 heterocycles. The summed E-state index contributed by atoms with van der Waals surface area (Å²) in [5.74, 6) is 0. The molecule has 2 N–H and O–H groups in total. The highest BCUT2D eigenvalue weighted by atomic mass is 35.5. The zero-order chi connectivity index (χ0) is 10.8. The van der Waals surface area contributed by atoms with E-state index in [1.807, 2.05) is 6.07 Å². The molecule has 0 bridgehead atoms. The predicted octanol–water partition coefficient (Wildman–Crippen LogP) is 2.89. The molecule has 1 aliphatic rings. The smallest absolute Gasteiger partial charge is 0.0931 e. The highest BCUT2D eigenvalue weighted by Crippen LogP contribution is 2.31. The molecule has 15 heavy (non-hydrogen) atoms. The Bertz CT molecular complexity index is 326. The van der Waals surface area contributed by atoms with Gasteiger partial charge in [0, 0.05) is 23.5 Å². The standard InChI is InChI=1S/C11H17ClN2S/c1-8(10-4-5-11(12)15-10)14-6-2-3-9(13)7-14/h4-5,8-9H,2-3,6-7,13H2,1H3. The van der Waals surface area contributed by atoms with Crippen LogP contribution in [0.5, 0.6) is 0 Å². The van der Waals surface area contributed by atoms with Gasteiger partial charge in [0.15, 0.2) is 0 Å². The zero-order valence-corrected chi connectivity index (χ0v) is 10.5. The summed E-state index contributed by atoms with van der Waals surface area (Å²) in [6.07, 6.45) is 2.37. The molecule has 2 unspecified atom stereocenters. The molecule has 84 valence electrons. The molecular formula is C11H17ClN2S. The lowest BCUT2D eigenvalue weighted by atomic mass is 10.0. The van der Waals surface area contributed by atoms with E-state index in [0.29, 0.717) is 12.1 Å². The van der Waals surface area contributed by atoms with Crippen LogP contribution < -0.4 is 5.73 Å². The normalized spacial score (nSPS) is 25.4. The van der Waals surface area contributed by atoms with Gasteiger partial charge in [0.05, 0.1) is 4.34 Å². The quantitative estimate of drug-likeness (QED) is 0.867. The van der Waals surface area contributed by atoms with Crippen LogP contribution in [0.2, 0.25) is 4.34 Å². The van der Waals surface area contributed by atoms with Gasteiger partial charge in [-0.15, -0.1) is 11.3 Å². The van der Waals surface area contributed by atoms with E-state index in [2.05, 4.69) is 17.9 Å². The van der Waals surface area contributed by atoms with Crippen molar-refractivity contribution in [3.05, 3.63) is 21.3 Å². The van der Waals surface area contributed by atoms with Crippen molar-refractivity contribution in [2.24, 2.45) is 5.73 Å². The first-order chi connectivity index (χ1) is 7.16. The maximum atomic E-state index is 5.98. The van der Waals surface area contributed by atoms with Crippen LogP contribution in [-0.4, -0.2) is 24.0 Å². The number of nitrogens with zero attached hydrogens (tertiary/aromatic N) is 1. The van der Waals surface area contributed by atoms with Gasteiger partial charge >= 0.3 is 0 Å². The lowest BCUT2D eigenvalue weighted by Crippen LogP contribution is -2.43. The van der Waals surface area contributed by atoms with Crippen molar-refractivity contribution in [3.63, 3.8) is 0 Å². The summed E-state index contributed by atoms with van der Waals surface area (Å²) in [4.78, 5) is 3.80. The molecule has 2 nitrogen and oxygen atoms in total. The zero-order valence-electron chi connectivity index (χ0n) is 8.95. The molecule has 0 saturated carbocycles. The minimum absolute atomic E-state index is 0.344. The summed E-state index contributed by atoms with van der Waals surface area (Å²) in [6, 6.07) is 4.89. The Kier molecular flexibility index (Phi) is 3.67. The first-order valence-corrected chi connectivity index (χ1v) is 6.61. The minimum Gasteiger partial charge on any atom is -0.327 e. The molecule has 1 aromatic rings. The third-order valence-electron chi connectivity index (χ3n) is 3.04. The van der Waals surface area contributed by atoms with Crippen LogP contribution in [0.3, 0.4) is 0 Å². The monoisotopic (exact) mass is 244 g/mol. The number of halogens is 1. The van der Waals surface area contributed by atoms with Crippen LogP contribution in [0.1, 0.15) is 30.7 Å². The molecule has 0 aromatic carbocycles. The molecule has 2 rings (SSSR count). The van der Waals surface area contributed by atoms with Crippen molar-refractivity contribution in [1.82, 2.24) is 4.90 Å². The lowest BCUT2D eigenvalue weighted by molar-refractivity contribution is 0.161. The number of rotatable bonds is 2. The van der Waals surface area contributed by atoms with Crippen LogP contribution in [-0.2, 0) is 0 Å². The Balaban J connectivity index is 2.03. The van der Waals surface area contributed by atoms with E-state index in [1.54, 1.807) is 11.3 Å². The van der Waals surface area contributed by atoms with Gasteiger partial charge in [0.25, 0.3) is 0 Å². The molecule has 4 heteroatoms. The molecule has 1 fully saturated rings. The van der Waals surface area contributed by atoms with Crippen molar-refractivity contribution in [3.8, 4) is 0 Å². The highest BCUT2D eigenvalue weighted by Gasteiger charge is 2.22. The second kappa shape index (κ2) is 4.83. The van der Waals surface area contributed by atoms with E-state index >= 15 is 0 Å². The van der Waals surface area contributed by atoms with Crippen molar-refractivity contribution >= 4 is 22.9 Å². The molecule has 0 aliphatic carbocycles. The van der Waals surface area contributed by atoms with Gasteiger partial charge in [0.1, 0.15) is 0 Å². The van der Waals surface area contributed by atoms with E-state index in [4.69, 9.17) is 17.3 Å². The number of hydrogen-bond donors (Lipinski definition) is 1. The summed E-state index contributed by atoms with van der Waals surface area (Å²) >= 11 is 7.62. The first-order valence-electron chi connectivity index (χ1n) is 5.41. The number of nitrogens with two attached hydrogens (primary N) is 1. The summed E-state index contributed by atoms with van der Waals surface area (Å²) in [5.41, 5.74) is 5.98. The number of thiophene rings is 1. The third-order valence-corrected chi connectivity index (χ3v) is 4.44. The van der Waals surface area contributed by atoms with Crippen LogP contribution in [0, 0.1) is 0 Å². The fraction of sp³-hybridized carbons (Fsp3) is 0.636.